The number of hydrogen-bond acceptors (Lipinski definition) is 3. The van der Waals surface area contributed by atoms with Crippen molar-refractivity contribution in [2.75, 3.05) is 6.61 Å². The molecule has 0 atom stereocenters. The third-order valence-corrected chi connectivity index (χ3v) is 2.89. The second-order valence-electron chi connectivity index (χ2n) is 3.58. The largest absolute Gasteiger partial charge is 0.502 e. The summed E-state index contributed by atoms with van der Waals surface area (Å²) in [6.07, 6.45) is -9.56. The molecule has 0 N–H and O–H groups in total. The maximum absolute atomic E-state index is 13.4. The maximum atomic E-state index is 13.4. The molecule has 1 rings (SSSR count). The van der Waals surface area contributed by atoms with Crippen molar-refractivity contribution in [3.63, 3.8) is 0 Å². The van der Waals surface area contributed by atoms with Crippen LogP contribution in [0.5, 0.6) is 5.75 Å². The Bertz CT molecular complexity index is 543. The molecule has 0 heterocycles. The predicted octanol–water partition coefficient (Wildman–Crippen LogP) is 4.14. The highest BCUT2D eigenvalue weighted by molar-refractivity contribution is 9.10. The summed E-state index contributed by atoms with van der Waals surface area (Å²) < 4.78 is 84.5. The Morgan fingerprint density at radius 1 is 1.24 bits per heavy atom. The molecule has 0 aliphatic carbocycles. The number of esters is 1. The van der Waals surface area contributed by atoms with Crippen LogP contribution in [-0.2, 0) is 15.7 Å². The van der Waals surface area contributed by atoms with Crippen molar-refractivity contribution in [2.45, 2.75) is 19.2 Å². The third kappa shape index (κ3) is 4.02. The molecule has 0 aliphatic heterocycles. The fraction of sp³-hybridized carbons (Fsp3) is 0.364. The Balaban J connectivity index is 3.23. The highest BCUT2D eigenvalue weighted by Crippen LogP contribution is 2.42. The van der Waals surface area contributed by atoms with E-state index in [1.54, 1.807) is 0 Å². The highest BCUT2D eigenvalue weighted by Gasteiger charge is 2.46. The maximum Gasteiger partial charge on any atom is 0.502 e. The Labute approximate surface area is 123 Å². The van der Waals surface area contributed by atoms with Gasteiger partial charge in [-0.25, -0.2) is 9.18 Å². The Hall–Kier alpha value is -1.45. The average Bonchev–Trinajstić information content (AvgIpc) is 2.33. The summed E-state index contributed by atoms with van der Waals surface area (Å²) >= 11 is 2.34. The zero-order valence-electron chi connectivity index (χ0n) is 10.2. The fourth-order valence-corrected chi connectivity index (χ4v) is 1.86. The summed E-state index contributed by atoms with van der Waals surface area (Å²) in [7, 11) is 0. The molecule has 0 aromatic heterocycles. The minimum absolute atomic E-state index is 0.296. The van der Waals surface area contributed by atoms with Crippen LogP contribution in [0.4, 0.5) is 26.3 Å². The lowest BCUT2D eigenvalue weighted by Crippen LogP contribution is -2.37. The van der Waals surface area contributed by atoms with Gasteiger partial charge in [0.05, 0.1) is 16.6 Å². The average molecular weight is 381 g/mol. The number of rotatable bonds is 4. The van der Waals surface area contributed by atoms with Crippen LogP contribution in [0.25, 0.3) is 0 Å². The second kappa shape index (κ2) is 6.12. The zero-order valence-corrected chi connectivity index (χ0v) is 11.8. The molecule has 21 heavy (non-hydrogen) atoms. The van der Waals surface area contributed by atoms with E-state index in [0.717, 1.165) is 0 Å². The normalized spacial score (nSPS) is 12.2. The summed E-state index contributed by atoms with van der Waals surface area (Å²) in [5.74, 6) is -5.09. The molecule has 1 aromatic rings. The van der Waals surface area contributed by atoms with Gasteiger partial charge in [-0.2, -0.15) is 22.0 Å². The van der Waals surface area contributed by atoms with E-state index >= 15 is 0 Å². The Morgan fingerprint density at radius 3 is 2.29 bits per heavy atom. The molecule has 0 bridgehead atoms. The van der Waals surface area contributed by atoms with E-state index in [9.17, 15) is 31.1 Å². The van der Waals surface area contributed by atoms with Crippen molar-refractivity contribution >= 4 is 21.9 Å². The van der Waals surface area contributed by atoms with Crippen molar-refractivity contribution in [2.24, 2.45) is 0 Å². The first-order valence-electron chi connectivity index (χ1n) is 5.30. The smallest absolute Gasteiger partial charge is 0.459 e. The topological polar surface area (TPSA) is 35.5 Å². The first-order valence-corrected chi connectivity index (χ1v) is 6.09. The van der Waals surface area contributed by atoms with Gasteiger partial charge in [-0.05, 0) is 35.0 Å². The lowest BCUT2D eigenvalue weighted by atomic mass is 10.2. The quantitative estimate of drug-likeness (QED) is 0.581. The molecule has 118 valence electrons. The first kappa shape index (κ1) is 17.6. The van der Waals surface area contributed by atoms with Gasteiger partial charge in [0.2, 0.25) is 0 Å². The molecule has 0 radical (unpaired) electrons. The number of carbonyl (C=O) groups excluding carboxylic acids is 1. The van der Waals surface area contributed by atoms with Crippen molar-refractivity contribution in [3.8, 4) is 5.75 Å². The van der Waals surface area contributed by atoms with Crippen LogP contribution >= 0.6 is 15.9 Å². The van der Waals surface area contributed by atoms with Crippen molar-refractivity contribution < 1.29 is 40.6 Å². The molecule has 0 unspecified atom stereocenters. The Kier molecular flexibility index (Phi) is 5.13. The van der Waals surface area contributed by atoms with E-state index < -0.39 is 46.5 Å². The molecule has 1 aromatic carbocycles. The fourth-order valence-electron chi connectivity index (χ4n) is 1.23. The van der Waals surface area contributed by atoms with Crippen molar-refractivity contribution in [1.82, 2.24) is 0 Å². The van der Waals surface area contributed by atoms with Gasteiger partial charge in [-0.3, -0.25) is 0 Å². The number of hydrogen-bond donors (Lipinski definition) is 0. The summed E-state index contributed by atoms with van der Waals surface area (Å²) in [5.41, 5.74) is -1.43. The molecular weight excluding hydrogens is 374 g/mol. The van der Waals surface area contributed by atoms with Gasteiger partial charge in [0, 0.05) is 0 Å². The van der Waals surface area contributed by atoms with E-state index in [1.807, 2.05) is 0 Å². The number of ether oxygens (including phenoxy) is 2. The van der Waals surface area contributed by atoms with Gasteiger partial charge < -0.3 is 9.47 Å². The number of alkyl halides is 5. The molecule has 0 fully saturated rings. The molecule has 0 spiro atoms. The zero-order chi connectivity index (χ0) is 16.4. The SMILES string of the molecule is CCOC(=O)C(F)(F)Oc1c(F)ccc(C(F)(F)F)c1Br. The standard InChI is InChI=1S/C11H7BrF6O3/c1-2-20-9(19)11(17,18)21-8-6(13)4-3-5(7(8)12)10(14,15)16/h3-4H,2H2,1H3. The molecular formula is C11H7BrF6O3. The Morgan fingerprint density at radius 2 is 1.81 bits per heavy atom. The van der Waals surface area contributed by atoms with Gasteiger partial charge in [-0.1, -0.05) is 0 Å². The lowest BCUT2D eigenvalue weighted by molar-refractivity contribution is -0.217. The van der Waals surface area contributed by atoms with Crippen LogP contribution in [-0.4, -0.2) is 18.7 Å². The summed E-state index contributed by atoms with van der Waals surface area (Å²) in [6.45, 7) is 0.818. The summed E-state index contributed by atoms with van der Waals surface area (Å²) in [4.78, 5) is 10.9. The number of benzene rings is 1. The van der Waals surface area contributed by atoms with Crippen LogP contribution in [0.1, 0.15) is 12.5 Å². The monoisotopic (exact) mass is 380 g/mol. The van der Waals surface area contributed by atoms with Crippen LogP contribution in [0.3, 0.4) is 0 Å². The lowest BCUT2D eigenvalue weighted by Gasteiger charge is -2.19. The van der Waals surface area contributed by atoms with E-state index in [-0.39, 0.29) is 0 Å². The molecule has 0 saturated carbocycles. The van der Waals surface area contributed by atoms with Crippen LogP contribution in [0, 0.1) is 5.82 Å². The second-order valence-corrected chi connectivity index (χ2v) is 4.37. The van der Waals surface area contributed by atoms with E-state index in [0.29, 0.717) is 12.1 Å². The minimum Gasteiger partial charge on any atom is -0.459 e. The van der Waals surface area contributed by atoms with Crippen molar-refractivity contribution in [3.05, 3.63) is 28.0 Å². The predicted molar refractivity (Wildman–Crippen MR) is 61.3 cm³/mol. The van der Waals surface area contributed by atoms with E-state index in [1.165, 1.54) is 6.92 Å². The number of carbonyl (C=O) groups is 1. The molecule has 0 aliphatic rings. The van der Waals surface area contributed by atoms with E-state index in [2.05, 4.69) is 25.4 Å². The number of halogens is 7. The summed E-state index contributed by atoms with van der Waals surface area (Å²) in [5, 5.41) is 0. The third-order valence-electron chi connectivity index (χ3n) is 2.10. The van der Waals surface area contributed by atoms with Crippen molar-refractivity contribution in [1.29, 1.82) is 0 Å². The minimum atomic E-state index is -4.93. The van der Waals surface area contributed by atoms with Gasteiger partial charge in [0.25, 0.3) is 0 Å². The first-order chi connectivity index (χ1) is 9.50. The summed E-state index contributed by atoms with van der Waals surface area (Å²) in [6, 6.07) is 0.638. The van der Waals surface area contributed by atoms with Crippen LogP contribution < -0.4 is 4.74 Å². The highest BCUT2D eigenvalue weighted by atomic mass is 79.9. The van der Waals surface area contributed by atoms with Gasteiger partial charge in [0.15, 0.2) is 11.6 Å². The molecule has 3 nitrogen and oxygen atoms in total. The van der Waals surface area contributed by atoms with E-state index in [4.69, 9.17) is 0 Å². The van der Waals surface area contributed by atoms with Gasteiger partial charge in [0.1, 0.15) is 0 Å². The van der Waals surface area contributed by atoms with Gasteiger partial charge in [-0.15, -0.1) is 0 Å². The molecule has 0 saturated heterocycles. The molecule has 0 amide bonds. The van der Waals surface area contributed by atoms with Crippen LogP contribution in [0.2, 0.25) is 0 Å². The van der Waals surface area contributed by atoms with Crippen LogP contribution in [0.15, 0.2) is 16.6 Å². The van der Waals surface area contributed by atoms with Gasteiger partial charge >= 0.3 is 18.3 Å². The molecule has 10 heteroatoms.